The molecule has 0 radical (unpaired) electrons. The molecule has 0 bridgehead atoms. The Morgan fingerprint density at radius 1 is 1.19 bits per heavy atom. The number of pyridine rings is 1. The minimum atomic E-state index is -0.617. The standard InChI is InChI=1S/C25H27N3O2S/c1-18-7-4-8-19(15-18)16-21(27-24(29)23-11-6-14-31-23)25(30)28-13-3-2-10-22(28)20-9-5-12-26-17-20/h4-9,11-12,14-15,17,21-22H,2-3,10,13,16H2,1H3,(H,27,29)/t21-,22+/m0/s1. The van der Waals surface area contributed by atoms with E-state index in [2.05, 4.69) is 16.4 Å². The zero-order valence-corrected chi connectivity index (χ0v) is 18.5. The van der Waals surface area contributed by atoms with Gasteiger partial charge in [-0.1, -0.05) is 42.0 Å². The first-order valence-corrected chi connectivity index (χ1v) is 11.6. The zero-order valence-electron chi connectivity index (χ0n) is 17.7. The van der Waals surface area contributed by atoms with Gasteiger partial charge in [0.2, 0.25) is 5.91 Å². The Balaban J connectivity index is 1.60. The number of carbonyl (C=O) groups excluding carboxylic acids is 2. The van der Waals surface area contributed by atoms with Crippen LogP contribution >= 0.6 is 11.3 Å². The Bertz CT molecular complexity index is 1020. The highest BCUT2D eigenvalue weighted by Gasteiger charge is 2.33. The summed E-state index contributed by atoms with van der Waals surface area (Å²) in [5.41, 5.74) is 3.23. The SMILES string of the molecule is Cc1cccc(C[C@H](NC(=O)c2cccs2)C(=O)N2CCCC[C@@H]2c2cccnc2)c1. The largest absolute Gasteiger partial charge is 0.339 e. The summed E-state index contributed by atoms with van der Waals surface area (Å²) in [7, 11) is 0. The third-order valence-corrected chi connectivity index (χ3v) is 6.59. The van der Waals surface area contributed by atoms with Crippen LogP contribution in [0.15, 0.2) is 66.3 Å². The summed E-state index contributed by atoms with van der Waals surface area (Å²) in [5, 5.41) is 4.89. The summed E-state index contributed by atoms with van der Waals surface area (Å²) in [6.07, 6.45) is 7.02. The van der Waals surface area contributed by atoms with Gasteiger partial charge in [0.05, 0.1) is 10.9 Å². The van der Waals surface area contributed by atoms with Crippen molar-refractivity contribution < 1.29 is 9.59 Å². The summed E-state index contributed by atoms with van der Waals surface area (Å²) in [6.45, 7) is 2.73. The fourth-order valence-corrected chi connectivity index (χ4v) is 4.85. The van der Waals surface area contributed by atoms with Crippen molar-refractivity contribution in [1.82, 2.24) is 15.2 Å². The maximum atomic E-state index is 13.8. The van der Waals surface area contributed by atoms with Crippen molar-refractivity contribution in [2.75, 3.05) is 6.54 Å². The molecule has 1 N–H and O–H groups in total. The average Bonchev–Trinajstić information content (AvgIpc) is 3.34. The summed E-state index contributed by atoms with van der Waals surface area (Å²) >= 11 is 1.38. The van der Waals surface area contributed by atoms with Gasteiger partial charge in [0.15, 0.2) is 0 Å². The lowest BCUT2D eigenvalue weighted by Crippen LogP contribution is -2.51. The second-order valence-corrected chi connectivity index (χ2v) is 8.97. The molecule has 0 unspecified atom stereocenters. The van der Waals surface area contributed by atoms with Gasteiger partial charge in [-0.15, -0.1) is 11.3 Å². The number of amides is 2. The summed E-state index contributed by atoms with van der Waals surface area (Å²) in [6, 6.07) is 15.1. The van der Waals surface area contributed by atoms with Crippen molar-refractivity contribution in [2.45, 2.75) is 44.7 Å². The molecule has 1 saturated heterocycles. The number of nitrogens with one attached hydrogen (secondary N) is 1. The molecule has 5 nitrogen and oxygen atoms in total. The van der Waals surface area contributed by atoms with Gasteiger partial charge in [0.1, 0.15) is 6.04 Å². The number of piperidine rings is 1. The molecule has 2 atom stereocenters. The van der Waals surface area contributed by atoms with E-state index in [9.17, 15) is 9.59 Å². The van der Waals surface area contributed by atoms with E-state index in [-0.39, 0.29) is 17.9 Å². The van der Waals surface area contributed by atoms with Crippen LogP contribution in [0.2, 0.25) is 0 Å². The van der Waals surface area contributed by atoms with Gasteiger partial charge in [0.25, 0.3) is 5.91 Å². The maximum Gasteiger partial charge on any atom is 0.262 e. The molecule has 3 heterocycles. The Hall–Kier alpha value is -2.99. The van der Waals surface area contributed by atoms with Crippen molar-refractivity contribution in [2.24, 2.45) is 0 Å². The molecule has 2 aromatic heterocycles. The molecule has 6 heteroatoms. The van der Waals surface area contributed by atoms with E-state index in [4.69, 9.17) is 0 Å². The number of carbonyl (C=O) groups is 2. The minimum Gasteiger partial charge on any atom is -0.339 e. The maximum absolute atomic E-state index is 13.8. The Kier molecular flexibility index (Phi) is 6.77. The van der Waals surface area contributed by atoms with Gasteiger partial charge in [-0.3, -0.25) is 14.6 Å². The molecule has 1 fully saturated rings. The van der Waals surface area contributed by atoms with E-state index < -0.39 is 6.04 Å². The smallest absolute Gasteiger partial charge is 0.262 e. The first-order chi connectivity index (χ1) is 15.1. The van der Waals surface area contributed by atoms with Crippen LogP contribution in [0, 0.1) is 6.92 Å². The predicted octanol–water partition coefficient (Wildman–Crippen LogP) is 4.55. The quantitative estimate of drug-likeness (QED) is 0.620. The van der Waals surface area contributed by atoms with E-state index >= 15 is 0 Å². The van der Waals surface area contributed by atoms with Crippen LogP contribution in [0.25, 0.3) is 0 Å². The van der Waals surface area contributed by atoms with Crippen LogP contribution in [0.5, 0.6) is 0 Å². The van der Waals surface area contributed by atoms with Gasteiger partial charge >= 0.3 is 0 Å². The van der Waals surface area contributed by atoms with Crippen LogP contribution in [0.4, 0.5) is 0 Å². The molecule has 0 aliphatic carbocycles. The van der Waals surface area contributed by atoms with Crippen LogP contribution < -0.4 is 5.32 Å². The highest BCUT2D eigenvalue weighted by Crippen LogP contribution is 2.31. The molecule has 1 aliphatic heterocycles. The number of thiophene rings is 1. The van der Waals surface area contributed by atoms with Crippen LogP contribution in [-0.4, -0.2) is 34.3 Å². The van der Waals surface area contributed by atoms with Crippen LogP contribution in [-0.2, 0) is 11.2 Å². The molecule has 1 aliphatic rings. The Morgan fingerprint density at radius 2 is 2.10 bits per heavy atom. The van der Waals surface area contributed by atoms with Gasteiger partial charge in [-0.2, -0.15) is 0 Å². The number of aromatic nitrogens is 1. The number of nitrogens with zero attached hydrogens (tertiary/aromatic N) is 2. The van der Waals surface area contributed by atoms with Crippen LogP contribution in [0.3, 0.4) is 0 Å². The van der Waals surface area contributed by atoms with Gasteiger partial charge in [-0.25, -0.2) is 0 Å². The van der Waals surface area contributed by atoms with E-state index in [0.29, 0.717) is 17.8 Å². The third kappa shape index (κ3) is 5.20. The number of benzene rings is 1. The third-order valence-electron chi connectivity index (χ3n) is 5.73. The first kappa shape index (κ1) is 21.2. The van der Waals surface area contributed by atoms with E-state index in [1.54, 1.807) is 12.3 Å². The Labute approximate surface area is 187 Å². The Morgan fingerprint density at radius 3 is 2.84 bits per heavy atom. The lowest BCUT2D eigenvalue weighted by molar-refractivity contribution is -0.137. The summed E-state index contributed by atoms with van der Waals surface area (Å²) < 4.78 is 0. The lowest BCUT2D eigenvalue weighted by atomic mass is 9.94. The first-order valence-electron chi connectivity index (χ1n) is 10.7. The second kappa shape index (κ2) is 9.88. The second-order valence-electron chi connectivity index (χ2n) is 8.03. The van der Waals surface area contributed by atoms with E-state index in [1.165, 1.54) is 11.3 Å². The topological polar surface area (TPSA) is 62.3 Å². The van der Waals surface area contributed by atoms with Crippen molar-refractivity contribution >= 4 is 23.2 Å². The van der Waals surface area contributed by atoms with Crippen molar-refractivity contribution in [1.29, 1.82) is 0 Å². The average molecular weight is 434 g/mol. The molecular weight excluding hydrogens is 406 g/mol. The highest BCUT2D eigenvalue weighted by atomic mass is 32.1. The van der Waals surface area contributed by atoms with Gasteiger partial charge < -0.3 is 10.2 Å². The summed E-state index contributed by atoms with van der Waals surface area (Å²) in [5.74, 6) is -0.226. The predicted molar refractivity (Wildman–Crippen MR) is 123 cm³/mol. The van der Waals surface area contributed by atoms with E-state index in [1.807, 2.05) is 59.8 Å². The highest BCUT2D eigenvalue weighted by molar-refractivity contribution is 7.12. The lowest BCUT2D eigenvalue weighted by Gasteiger charge is -2.38. The molecule has 4 rings (SSSR count). The normalized spacial score (nSPS) is 17.2. The fourth-order valence-electron chi connectivity index (χ4n) is 4.23. The molecule has 31 heavy (non-hydrogen) atoms. The molecular formula is C25H27N3O2S. The molecule has 0 saturated carbocycles. The zero-order chi connectivity index (χ0) is 21.6. The fraction of sp³-hybridized carbons (Fsp3) is 0.320. The number of rotatable bonds is 6. The monoisotopic (exact) mass is 433 g/mol. The molecule has 0 spiro atoms. The van der Waals surface area contributed by atoms with Crippen molar-refractivity contribution in [3.8, 4) is 0 Å². The molecule has 1 aromatic carbocycles. The summed E-state index contributed by atoms with van der Waals surface area (Å²) in [4.78, 5) is 33.4. The molecule has 2 amide bonds. The number of aryl methyl sites for hydroxylation is 1. The molecule has 3 aromatic rings. The minimum absolute atomic E-state index is 0.00593. The van der Waals surface area contributed by atoms with E-state index in [0.717, 1.165) is 36.0 Å². The van der Waals surface area contributed by atoms with Crippen molar-refractivity contribution in [3.05, 3.63) is 87.9 Å². The number of likely N-dealkylation sites (tertiary alicyclic amines) is 1. The van der Waals surface area contributed by atoms with Crippen molar-refractivity contribution in [3.63, 3.8) is 0 Å². The number of hydrogen-bond acceptors (Lipinski definition) is 4. The van der Waals surface area contributed by atoms with Crippen LogP contribution in [0.1, 0.15) is 51.7 Å². The molecule has 160 valence electrons. The van der Waals surface area contributed by atoms with Gasteiger partial charge in [-0.05, 0) is 54.8 Å². The van der Waals surface area contributed by atoms with Gasteiger partial charge in [0, 0.05) is 25.4 Å². The number of hydrogen-bond donors (Lipinski definition) is 1.